The molecule has 0 aliphatic carbocycles. The minimum Gasteiger partial charge on any atom is -0.466 e. The summed E-state index contributed by atoms with van der Waals surface area (Å²) in [6, 6.07) is 0.395. The molecule has 1 N–H and O–H groups in total. The maximum Gasteiger partial charge on any atom is 0.308 e. The van der Waals surface area contributed by atoms with Crippen LogP contribution in [0.5, 0.6) is 0 Å². The van der Waals surface area contributed by atoms with Crippen molar-refractivity contribution in [3.8, 4) is 0 Å². The van der Waals surface area contributed by atoms with Crippen LogP contribution in [0, 0.1) is 0 Å². The molecule has 5 heteroatoms. The summed E-state index contributed by atoms with van der Waals surface area (Å²) in [7, 11) is 1.95. The number of aliphatic hydroxyl groups excluding tert-OH is 1. The van der Waals surface area contributed by atoms with Gasteiger partial charge in [0.25, 0.3) is 0 Å². The van der Waals surface area contributed by atoms with Gasteiger partial charge in [0.05, 0.1) is 19.1 Å². The smallest absolute Gasteiger partial charge is 0.308 e. The zero-order valence-corrected chi connectivity index (χ0v) is 11.4. The number of rotatable bonds is 8. The van der Waals surface area contributed by atoms with Gasteiger partial charge in [-0.1, -0.05) is 0 Å². The summed E-state index contributed by atoms with van der Waals surface area (Å²) in [5, 5.41) is 9.68. The van der Waals surface area contributed by atoms with Crippen LogP contribution in [-0.4, -0.2) is 60.3 Å². The van der Waals surface area contributed by atoms with E-state index in [9.17, 15) is 9.90 Å². The third-order valence-corrected chi connectivity index (χ3v) is 3.18. The highest BCUT2D eigenvalue weighted by molar-refractivity contribution is 7.98. The molecule has 0 aromatic carbocycles. The largest absolute Gasteiger partial charge is 0.466 e. The summed E-state index contributed by atoms with van der Waals surface area (Å²) >= 11 is 1.77. The molecule has 0 saturated heterocycles. The fourth-order valence-corrected chi connectivity index (χ4v) is 2.09. The van der Waals surface area contributed by atoms with Gasteiger partial charge in [-0.25, -0.2) is 0 Å². The van der Waals surface area contributed by atoms with Crippen LogP contribution in [0.2, 0.25) is 0 Å². The second-order valence-corrected chi connectivity index (χ2v) is 4.82. The van der Waals surface area contributed by atoms with Gasteiger partial charge in [0.2, 0.25) is 0 Å². The van der Waals surface area contributed by atoms with E-state index >= 15 is 0 Å². The Morgan fingerprint density at radius 3 is 2.69 bits per heavy atom. The van der Waals surface area contributed by atoms with Crippen LogP contribution in [0.3, 0.4) is 0 Å². The van der Waals surface area contributed by atoms with E-state index in [0.29, 0.717) is 19.2 Å². The summed E-state index contributed by atoms with van der Waals surface area (Å²) in [4.78, 5) is 13.2. The lowest BCUT2D eigenvalue weighted by Crippen LogP contribution is -2.38. The first-order valence-electron chi connectivity index (χ1n) is 5.54. The lowest BCUT2D eigenvalue weighted by molar-refractivity contribution is -0.145. The lowest BCUT2D eigenvalue weighted by atomic mass is 10.2. The fourth-order valence-electron chi connectivity index (χ4n) is 1.36. The Kier molecular flexibility index (Phi) is 8.70. The number of esters is 1. The summed E-state index contributed by atoms with van der Waals surface area (Å²) < 4.78 is 4.78. The van der Waals surface area contributed by atoms with Crippen molar-refractivity contribution in [3.63, 3.8) is 0 Å². The standard InChI is InChI=1S/C11H23NO3S/c1-5-15-11(14)6-10(13)7-12(3)9(2)8-16-4/h9-10,13H,5-8H2,1-4H3. The van der Waals surface area contributed by atoms with Crippen molar-refractivity contribution in [1.29, 1.82) is 0 Å². The normalized spacial score (nSPS) is 14.9. The van der Waals surface area contributed by atoms with Gasteiger partial charge in [-0.2, -0.15) is 11.8 Å². The predicted octanol–water partition coefficient (Wildman–Crippen LogP) is 0.984. The Morgan fingerprint density at radius 2 is 2.19 bits per heavy atom. The first-order chi connectivity index (χ1) is 7.51. The van der Waals surface area contributed by atoms with E-state index in [-0.39, 0.29) is 12.4 Å². The Hall–Kier alpha value is -0.260. The molecule has 0 rings (SSSR count). The second-order valence-electron chi connectivity index (χ2n) is 3.91. The summed E-state index contributed by atoms with van der Waals surface area (Å²) in [6.07, 6.45) is 1.48. The molecule has 2 unspecified atom stereocenters. The highest BCUT2D eigenvalue weighted by Gasteiger charge is 2.16. The van der Waals surface area contributed by atoms with E-state index in [1.165, 1.54) is 0 Å². The van der Waals surface area contributed by atoms with Crippen molar-refractivity contribution < 1.29 is 14.6 Å². The van der Waals surface area contributed by atoms with Crippen molar-refractivity contribution in [3.05, 3.63) is 0 Å². The number of likely N-dealkylation sites (N-methyl/N-ethyl adjacent to an activating group) is 1. The third-order valence-electron chi connectivity index (χ3n) is 2.37. The van der Waals surface area contributed by atoms with Gasteiger partial charge in [-0.15, -0.1) is 0 Å². The average Bonchev–Trinajstić information content (AvgIpc) is 2.17. The summed E-state index contributed by atoms with van der Waals surface area (Å²) in [5.41, 5.74) is 0. The topological polar surface area (TPSA) is 49.8 Å². The number of ether oxygens (including phenoxy) is 1. The van der Waals surface area contributed by atoms with Gasteiger partial charge in [-0.3, -0.25) is 4.79 Å². The molecular weight excluding hydrogens is 226 g/mol. The van der Waals surface area contributed by atoms with Crippen LogP contribution >= 0.6 is 11.8 Å². The Bertz CT molecular complexity index is 202. The molecular formula is C11H23NO3S. The van der Waals surface area contributed by atoms with E-state index in [0.717, 1.165) is 5.75 Å². The van der Waals surface area contributed by atoms with Crippen molar-refractivity contribution in [1.82, 2.24) is 4.90 Å². The molecule has 0 fully saturated rings. The molecule has 0 aliphatic heterocycles. The molecule has 0 aromatic rings. The maximum absolute atomic E-state index is 11.1. The maximum atomic E-state index is 11.1. The van der Waals surface area contributed by atoms with Gasteiger partial charge < -0.3 is 14.7 Å². The summed E-state index contributed by atoms with van der Waals surface area (Å²) in [6.45, 7) is 4.73. The molecule has 0 aromatic heterocycles. The van der Waals surface area contributed by atoms with E-state index in [2.05, 4.69) is 18.1 Å². The first kappa shape index (κ1) is 15.7. The van der Waals surface area contributed by atoms with Gasteiger partial charge >= 0.3 is 5.97 Å². The minimum absolute atomic E-state index is 0.0736. The van der Waals surface area contributed by atoms with Crippen LogP contribution in [0.4, 0.5) is 0 Å². The second kappa shape index (κ2) is 8.84. The SMILES string of the molecule is CCOC(=O)CC(O)CN(C)C(C)CSC. The van der Waals surface area contributed by atoms with E-state index in [4.69, 9.17) is 4.74 Å². The van der Waals surface area contributed by atoms with Crippen LogP contribution in [0.1, 0.15) is 20.3 Å². The number of thioether (sulfide) groups is 1. The Balaban J connectivity index is 3.85. The molecule has 4 nitrogen and oxygen atoms in total. The summed E-state index contributed by atoms with van der Waals surface area (Å²) in [5.74, 6) is 0.684. The lowest BCUT2D eigenvalue weighted by Gasteiger charge is -2.26. The molecule has 0 saturated carbocycles. The number of carbonyl (C=O) groups excluding carboxylic acids is 1. The van der Waals surface area contributed by atoms with Gasteiger partial charge in [0, 0.05) is 18.3 Å². The quantitative estimate of drug-likeness (QED) is 0.650. The Labute approximate surface area is 102 Å². The minimum atomic E-state index is -0.645. The first-order valence-corrected chi connectivity index (χ1v) is 6.93. The van der Waals surface area contributed by atoms with Crippen LogP contribution in [0.15, 0.2) is 0 Å². The molecule has 0 bridgehead atoms. The van der Waals surface area contributed by atoms with Crippen molar-refractivity contribution in [2.75, 3.05) is 32.2 Å². The van der Waals surface area contributed by atoms with E-state index < -0.39 is 6.10 Å². The molecule has 0 radical (unpaired) electrons. The number of aliphatic hydroxyl groups is 1. The molecule has 96 valence electrons. The number of carbonyl (C=O) groups is 1. The van der Waals surface area contributed by atoms with E-state index in [1.54, 1.807) is 18.7 Å². The zero-order valence-electron chi connectivity index (χ0n) is 10.6. The molecule has 0 heterocycles. The van der Waals surface area contributed by atoms with Crippen LogP contribution in [0.25, 0.3) is 0 Å². The van der Waals surface area contributed by atoms with Gasteiger partial charge in [-0.05, 0) is 27.2 Å². The van der Waals surface area contributed by atoms with Crippen molar-refractivity contribution in [2.24, 2.45) is 0 Å². The molecule has 0 aliphatic rings. The molecule has 0 spiro atoms. The van der Waals surface area contributed by atoms with Crippen molar-refractivity contribution >= 4 is 17.7 Å². The number of hydrogen-bond donors (Lipinski definition) is 1. The van der Waals surface area contributed by atoms with Gasteiger partial charge in [0.15, 0.2) is 0 Å². The monoisotopic (exact) mass is 249 g/mol. The predicted molar refractivity (Wildman–Crippen MR) is 67.7 cm³/mol. The van der Waals surface area contributed by atoms with E-state index in [1.807, 2.05) is 7.05 Å². The molecule has 2 atom stereocenters. The highest BCUT2D eigenvalue weighted by Crippen LogP contribution is 2.06. The fraction of sp³-hybridized carbons (Fsp3) is 0.909. The van der Waals surface area contributed by atoms with Crippen molar-refractivity contribution in [2.45, 2.75) is 32.4 Å². The van der Waals surface area contributed by atoms with Gasteiger partial charge in [0.1, 0.15) is 0 Å². The molecule has 16 heavy (non-hydrogen) atoms. The average molecular weight is 249 g/mol. The number of nitrogens with zero attached hydrogens (tertiary/aromatic N) is 1. The number of hydrogen-bond acceptors (Lipinski definition) is 5. The Morgan fingerprint density at radius 1 is 1.56 bits per heavy atom. The third kappa shape index (κ3) is 7.09. The molecule has 0 amide bonds. The zero-order chi connectivity index (χ0) is 12.6. The van der Waals surface area contributed by atoms with Crippen LogP contribution in [-0.2, 0) is 9.53 Å². The highest BCUT2D eigenvalue weighted by atomic mass is 32.2. The van der Waals surface area contributed by atoms with Crippen LogP contribution < -0.4 is 0 Å².